The molecule has 0 radical (unpaired) electrons. The van der Waals surface area contributed by atoms with E-state index in [0.29, 0.717) is 25.8 Å². The first-order valence-electron chi connectivity index (χ1n) is 10.7. The van der Waals surface area contributed by atoms with Crippen molar-refractivity contribution in [3.8, 4) is 0 Å². The topological polar surface area (TPSA) is 65.9 Å². The molecule has 0 atom stereocenters. The van der Waals surface area contributed by atoms with Gasteiger partial charge in [-0.2, -0.15) is 0 Å². The highest BCUT2D eigenvalue weighted by molar-refractivity contribution is 14.0. The van der Waals surface area contributed by atoms with Crippen molar-refractivity contribution >= 4 is 29.9 Å². The SMILES string of the molecule is CCNC(=NCc1ccc(COCc2ccccc2)cc1)NC1CCC(O)CC1.I. The fraction of sp³-hybridized carbons (Fsp3) is 0.458. The lowest BCUT2D eigenvalue weighted by Gasteiger charge is -2.27. The number of aliphatic imine (C=N–C) groups is 1. The molecule has 164 valence electrons. The van der Waals surface area contributed by atoms with Crippen LogP contribution in [0.25, 0.3) is 0 Å². The van der Waals surface area contributed by atoms with Crippen LogP contribution in [0.5, 0.6) is 0 Å². The van der Waals surface area contributed by atoms with Crippen molar-refractivity contribution in [1.29, 1.82) is 0 Å². The van der Waals surface area contributed by atoms with Gasteiger partial charge in [-0.3, -0.25) is 0 Å². The molecule has 0 amide bonds. The fourth-order valence-corrected chi connectivity index (χ4v) is 3.51. The molecule has 0 aliphatic heterocycles. The Morgan fingerprint density at radius 2 is 1.53 bits per heavy atom. The number of nitrogens with zero attached hydrogens (tertiary/aromatic N) is 1. The number of nitrogens with one attached hydrogen (secondary N) is 2. The summed E-state index contributed by atoms with van der Waals surface area (Å²) in [5.74, 6) is 0.851. The van der Waals surface area contributed by atoms with Crippen LogP contribution in [-0.4, -0.2) is 29.8 Å². The normalized spacial score (nSPS) is 19.1. The quantitative estimate of drug-likeness (QED) is 0.273. The molecule has 3 rings (SSSR count). The van der Waals surface area contributed by atoms with Gasteiger partial charge in [0.05, 0.1) is 25.9 Å². The Balaban J connectivity index is 0.00000320. The van der Waals surface area contributed by atoms with Crippen LogP contribution < -0.4 is 10.6 Å². The maximum atomic E-state index is 9.67. The maximum absolute atomic E-state index is 9.67. The molecule has 2 aromatic rings. The molecule has 1 aliphatic rings. The largest absolute Gasteiger partial charge is 0.393 e. The van der Waals surface area contributed by atoms with Gasteiger partial charge in [0.15, 0.2) is 5.96 Å². The smallest absolute Gasteiger partial charge is 0.191 e. The third-order valence-electron chi connectivity index (χ3n) is 5.20. The summed E-state index contributed by atoms with van der Waals surface area (Å²) in [5.41, 5.74) is 3.53. The number of halogens is 1. The first-order valence-corrected chi connectivity index (χ1v) is 10.7. The van der Waals surface area contributed by atoms with Crippen LogP contribution in [0.2, 0.25) is 0 Å². The number of hydrogen-bond acceptors (Lipinski definition) is 3. The van der Waals surface area contributed by atoms with Crippen LogP contribution in [0, 0.1) is 0 Å². The zero-order valence-corrected chi connectivity index (χ0v) is 20.0. The van der Waals surface area contributed by atoms with E-state index in [1.807, 2.05) is 18.2 Å². The summed E-state index contributed by atoms with van der Waals surface area (Å²) in [6, 6.07) is 19.1. The third kappa shape index (κ3) is 8.62. The number of hydrogen-bond donors (Lipinski definition) is 3. The van der Waals surface area contributed by atoms with Crippen LogP contribution in [-0.2, 0) is 24.5 Å². The average Bonchev–Trinajstić information content (AvgIpc) is 2.75. The van der Waals surface area contributed by atoms with Gasteiger partial charge in [-0.05, 0) is 49.3 Å². The maximum Gasteiger partial charge on any atom is 0.191 e. The minimum Gasteiger partial charge on any atom is -0.393 e. The van der Waals surface area contributed by atoms with E-state index in [0.717, 1.165) is 38.2 Å². The van der Waals surface area contributed by atoms with Gasteiger partial charge in [-0.1, -0.05) is 54.6 Å². The van der Waals surface area contributed by atoms with Crippen LogP contribution in [0.3, 0.4) is 0 Å². The monoisotopic (exact) mass is 523 g/mol. The Morgan fingerprint density at radius 1 is 0.933 bits per heavy atom. The van der Waals surface area contributed by atoms with E-state index in [1.165, 1.54) is 16.7 Å². The van der Waals surface area contributed by atoms with Gasteiger partial charge in [0.1, 0.15) is 0 Å². The molecule has 6 heteroatoms. The second-order valence-corrected chi connectivity index (χ2v) is 7.64. The third-order valence-corrected chi connectivity index (χ3v) is 5.20. The Bertz CT molecular complexity index is 745. The molecule has 3 N–H and O–H groups in total. The number of aliphatic hydroxyl groups is 1. The summed E-state index contributed by atoms with van der Waals surface area (Å²) in [7, 11) is 0. The van der Waals surface area contributed by atoms with Crippen LogP contribution in [0.1, 0.15) is 49.3 Å². The molecule has 0 spiro atoms. The predicted octanol–water partition coefficient (Wildman–Crippen LogP) is 4.38. The first kappa shape index (κ1) is 24.6. The van der Waals surface area contributed by atoms with Crippen molar-refractivity contribution < 1.29 is 9.84 Å². The van der Waals surface area contributed by atoms with Crippen molar-refractivity contribution in [3.05, 3.63) is 71.3 Å². The van der Waals surface area contributed by atoms with Crippen LogP contribution in [0.4, 0.5) is 0 Å². The Hall–Kier alpha value is -1.64. The zero-order valence-electron chi connectivity index (χ0n) is 17.7. The Kier molecular flexibility index (Phi) is 11.2. The van der Waals surface area contributed by atoms with Gasteiger partial charge in [0.2, 0.25) is 0 Å². The number of benzene rings is 2. The first-order chi connectivity index (χ1) is 14.2. The summed E-state index contributed by atoms with van der Waals surface area (Å²) in [4.78, 5) is 4.73. The van der Waals surface area contributed by atoms with Gasteiger partial charge in [-0.15, -0.1) is 24.0 Å². The lowest BCUT2D eigenvalue weighted by Crippen LogP contribution is -2.45. The zero-order chi connectivity index (χ0) is 20.3. The molecule has 1 aliphatic carbocycles. The van der Waals surface area contributed by atoms with Gasteiger partial charge in [-0.25, -0.2) is 4.99 Å². The van der Waals surface area contributed by atoms with E-state index in [2.05, 4.69) is 54.0 Å². The van der Waals surface area contributed by atoms with Gasteiger partial charge in [0, 0.05) is 12.6 Å². The number of guanidine groups is 1. The standard InChI is InChI=1S/C24H33N3O2.HI/c1-2-25-24(27-22-12-14-23(28)15-13-22)26-16-19-8-10-21(11-9-19)18-29-17-20-6-4-3-5-7-20;/h3-11,22-23,28H,2,12-18H2,1H3,(H2,25,26,27);1H. The molecular weight excluding hydrogens is 489 g/mol. The number of aliphatic hydroxyl groups excluding tert-OH is 1. The lowest BCUT2D eigenvalue weighted by atomic mass is 9.93. The summed E-state index contributed by atoms with van der Waals surface area (Å²) < 4.78 is 5.80. The highest BCUT2D eigenvalue weighted by atomic mass is 127. The van der Waals surface area contributed by atoms with Gasteiger partial charge >= 0.3 is 0 Å². The molecular formula is C24H34IN3O2. The van der Waals surface area contributed by atoms with E-state index in [9.17, 15) is 5.11 Å². The highest BCUT2D eigenvalue weighted by Gasteiger charge is 2.19. The van der Waals surface area contributed by atoms with Gasteiger partial charge in [0.25, 0.3) is 0 Å². The van der Waals surface area contributed by atoms with E-state index in [1.54, 1.807) is 0 Å². The van der Waals surface area contributed by atoms with E-state index >= 15 is 0 Å². The summed E-state index contributed by atoms with van der Waals surface area (Å²) in [6.07, 6.45) is 3.57. The molecule has 2 aromatic carbocycles. The molecule has 1 saturated carbocycles. The van der Waals surface area contributed by atoms with E-state index < -0.39 is 0 Å². The average molecular weight is 523 g/mol. The molecule has 30 heavy (non-hydrogen) atoms. The predicted molar refractivity (Wildman–Crippen MR) is 133 cm³/mol. The minimum absolute atomic E-state index is 0. The molecule has 1 fully saturated rings. The van der Waals surface area contributed by atoms with Crippen LogP contribution >= 0.6 is 24.0 Å². The second kappa shape index (κ2) is 13.6. The van der Waals surface area contributed by atoms with Crippen LogP contribution in [0.15, 0.2) is 59.6 Å². The van der Waals surface area contributed by atoms with Crippen molar-refractivity contribution in [2.24, 2.45) is 4.99 Å². The minimum atomic E-state index is -0.136. The molecule has 0 bridgehead atoms. The Morgan fingerprint density at radius 3 is 2.17 bits per heavy atom. The Labute approximate surface area is 197 Å². The van der Waals surface area contributed by atoms with Gasteiger partial charge < -0.3 is 20.5 Å². The summed E-state index contributed by atoms with van der Waals surface area (Å²) >= 11 is 0. The van der Waals surface area contributed by atoms with Crippen molar-refractivity contribution in [3.63, 3.8) is 0 Å². The van der Waals surface area contributed by atoms with Crippen molar-refractivity contribution in [2.45, 2.75) is 64.5 Å². The van der Waals surface area contributed by atoms with Crippen molar-refractivity contribution in [2.75, 3.05) is 6.54 Å². The van der Waals surface area contributed by atoms with E-state index in [4.69, 9.17) is 9.73 Å². The molecule has 5 nitrogen and oxygen atoms in total. The number of rotatable bonds is 8. The fourth-order valence-electron chi connectivity index (χ4n) is 3.51. The highest BCUT2D eigenvalue weighted by Crippen LogP contribution is 2.18. The molecule has 0 heterocycles. The molecule has 0 aromatic heterocycles. The summed E-state index contributed by atoms with van der Waals surface area (Å²) in [6.45, 7) is 4.78. The lowest BCUT2D eigenvalue weighted by molar-refractivity contribution is 0.107. The summed E-state index contributed by atoms with van der Waals surface area (Å²) in [5, 5.41) is 16.5. The molecule has 0 unspecified atom stereocenters. The van der Waals surface area contributed by atoms with E-state index in [-0.39, 0.29) is 30.1 Å². The molecule has 0 saturated heterocycles. The van der Waals surface area contributed by atoms with Crippen molar-refractivity contribution in [1.82, 2.24) is 10.6 Å². The second-order valence-electron chi connectivity index (χ2n) is 7.64. The number of ether oxygens (including phenoxy) is 1.